The molecular formula is C20H22F2N6O. The summed E-state index contributed by atoms with van der Waals surface area (Å²) in [6.45, 7) is 5.51. The Kier molecular flexibility index (Phi) is 5.48. The van der Waals surface area contributed by atoms with Gasteiger partial charge >= 0.3 is 0 Å². The van der Waals surface area contributed by atoms with Crippen molar-refractivity contribution >= 4 is 16.6 Å². The first kappa shape index (κ1) is 19.4. The Hall–Kier alpha value is -2.94. The van der Waals surface area contributed by atoms with Crippen LogP contribution in [0.2, 0.25) is 0 Å². The van der Waals surface area contributed by atoms with Gasteiger partial charge in [0.15, 0.2) is 0 Å². The summed E-state index contributed by atoms with van der Waals surface area (Å²) < 4.78 is 26.1. The highest BCUT2D eigenvalue weighted by atomic mass is 19.3. The average Bonchev–Trinajstić information content (AvgIpc) is 2.70. The molecule has 0 atom stereocenters. The van der Waals surface area contributed by atoms with Crippen molar-refractivity contribution in [3.8, 4) is 0 Å². The Bertz CT molecular complexity index is 1060. The molecule has 7 nitrogen and oxygen atoms in total. The maximum atomic E-state index is 12.6. The molecule has 152 valence electrons. The highest BCUT2D eigenvalue weighted by Crippen LogP contribution is 2.21. The van der Waals surface area contributed by atoms with E-state index in [1.165, 1.54) is 6.33 Å². The lowest BCUT2D eigenvalue weighted by Crippen LogP contribution is -2.46. The summed E-state index contributed by atoms with van der Waals surface area (Å²) in [7, 11) is 0. The molecule has 1 saturated heterocycles. The predicted molar refractivity (Wildman–Crippen MR) is 106 cm³/mol. The third-order valence-electron chi connectivity index (χ3n) is 5.10. The summed E-state index contributed by atoms with van der Waals surface area (Å²) in [5.41, 5.74) is 2.08. The van der Waals surface area contributed by atoms with E-state index in [0.29, 0.717) is 10.9 Å². The minimum absolute atomic E-state index is 0.356. The summed E-state index contributed by atoms with van der Waals surface area (Å²) in [5, 5.41) is 0.356. The van der Waals surface area contributed by atoms with Crippen molar-refractivity contribution in [1.82, 2.24) is 24.4 Å². The van der Waals surface area contributed by atoms with E-state index in [-0.39, 0.29) is 0 Å². The van der Waals surface area contributed by atoms with Crippen LogP contribution in [0.15, 0.2) is 41.6 Å². The van der Waals surface area contributed by atoms with Crippen LogP contribution in [0.1, 0.15) is 11.5 Å². The lowest BCUT2D eigenvalue weighted by Gasteiger charge is -2.36. The van der Waals surface area contributed by atoms with Gasteiger partial charge in [0.2, 0.25) is 0 Å². The van der Waals surface area contributed by atoms with Gasteiger partial charge in [0, 0.05) is 44.6 Å². The molecular weight excluding hydrogens is 378 g/mol. The number of aromatic nitrogens is 4. The number of hydrogen-bond acceptors (Lipinski definition) is 6. The van der Waals surface area contributed by atoms with Gasteiger partial charge in [0.1, 0.15) is 5.82 Å². The maximum Gasteiger partial charge on any atom is 0.261 e. The molecule has 1 aromatic carbocycles. The SMILES string of the molecule is Cc1nccc(CN2CCN(c3ccc4c(=O)n(CC(F)F)cnc4c3)CC2)n1. The number of nitrogens with zero attached hydrogens (tertiary/aromatic N) is 6. The van der Waals surface area contributed by atoms with E-state index >= 15 is 0 Å². The second kappa shape index (κ2) is 8.20. The number of anilines is 1. The van der Waals surface area contributed by atoms with Gasteiger partial charge in [-0.25, -0.2) is 23.7 Å². The van der Waals surface area contributed by atoms with Crippen molar-refractivity contribution in [2.75, 3.05) is 31.1 Å². The normalized spacial score (nSPS) is 15.4. The zero-order valence-corrected chi connectivity index (χ0v) is 16.1. The van der Waals surface area contributed by atoms with Gasteiger partial charge in [0.25, 0.3) is 12.0 Å². The predicted octanol–water partition coefficient (Wildman–Crippen LogP) is 2.08. The smallest absolute Gasteiger partial charge is 0.261 e. The van der Waals surface area contributed by atoms with Gasteiger partial charge < -0.3 is 4.90 Å². The fraction of sp³-hybridized carbons (Fsp3) is 0.400. The standard InChI is InChI=1S/C20H22F2N6O/c1-14-23-5-4-15(25-14)11-26-6-8-27(9-7-26)16-2-3-17-18(10-16)24-13-28(20(17)29)12-19(21)22/h2-5,10,13,19H,6-9,11-12H2,1H3. The molecule has 3 aromatic rings. The quantitative estimate of drug-likeness (QED) is 0.653. The van der Waals surface area contributed by atoms with Crippen LogP contribution in [0, 0.1) is 6.92 Å². The van der Waals surface area contributed by atoms with Crippen LogP contribution in [0.25, 0.3) is 10.9 Å². The number of alkyl halides is 2. The third kappa shape index (κ3) is 4.40. The third-order valence-corrected chi connectivity index (χ3v) is 5.10. The Labute approximate surface area is 166 Å². The number of rotatable bonds is 5. The Balaban J connectivity index is 1.45. The minimum atomic E-state index is -2.59. The fourth-order valence-electron chi connectivity index (χ4n) is 3.61. The molecule has 1 aliphatic heterocycles. The van der Waals surface area contributed by atoms with Crippen LogP contribution >= 0.6 is 0 Å². The molecule has 29 heavy (non-hydrogen) atoms. The highest BCUT2D eigenvalue weighted by molar-refractivity contribution is 5.81. The van der Waals surface area contributed by atoms with E-state index in [0.717, 1.165) is 54.5 Å². The van der Waals surface area contributed by atoms with Crippen molar-refractivity contribution in [1.29, 1.82) is 0 Å². The molecule has 0 aliphatic carbocycles. The first-order valence-corrected chi connectivity index (χ1v) is 9.53. The van der Waals surface area contributed by atoms with Gasteiger partial charge in [-0.1, -0.05) is 0 Å². The molecule has 0 N–H and O–H groups in total. The number of aryl methyl sites for hydroxylation is 1. The van der Waals surface area contributed by atoms with E-state index in [9.17, 15) is 13.6 Å². The molecule has 0 spiro atoms. The van der Waals surface area contributed by atoms with Crippen molar-refractivity contribution in [3.63, 3.8) is 0 Å². The van der Waals surface area contributed by atoms with Crippen LogP contribution in [0.5, 0.6) is 0 Å². The summed E-state index contributed by atoms with van der Waals surface area (Å²) in [6, 6.07) is 7.33. The molecule has 1 aliphatic rings. The molecule has 0 saturated carbocycles. The van der Waals surface area contributed by atoms with Crippen LogP contribution in [-0.4, -0.2) is 57.0 Å². The van der Waals surface area contributed by atoms with Gasteiger partial charge in [-0.2, -0.15) is 0 Å². The highest BCUT2D eigenvalue weighted by Gasteiger charge is 2.19. The van der Waals surface area contributed by atoms with E-state index in [1.54, 1.807) is 12.3 Å². The van der Waals surface area contributed by atoms with Gasteiger partial charge in [0.05, 0.1) is 29.5 Å². The summed E-state index contributed by atoms with van der Waals surface area (Å²) in [5.74, 6) is 0.775. The zero-order valence-electron chi connectivity index (χ0n) is 16.1. The minimum Gasteiger partial charge on any atom is -0.369 e. The lowest BCUT2D eigenvalue weighted by atomic mass is 10.2. The van der Waals surface area contributed by atoms with Gasteiger partial charge in [-0.3, -0.25) is 14.3 Å². The van der Waals surface area contributed by atoms with E-state index in [1.807, 2.05) is 25.1 Å². The van der Waals surface area contributed by atoms with E-state index in [4.69, 9.17) is 0 Å². The van der Waals surface area contributed by atoms with Crippen LogP contribution in [0.4, 0.5) is 14.5 Å². The van der Waals surface area contributed by atoms with Crippen molar-refractivity contribution < 1.29 is 8.78 Å². The Morgan fingerprint density at radius 3 is 2.62 bits per heavy atom. The molecule has 9 heteroatoms. The van der Waals surface area contributed by atoms with Gasteiger partial charge in [-0.05, 0) is 31.2 Å². The number of halogens is 2. The summed E-state index contributed by atoms with van der Waals surface area (Å²) >= 11 is 0. The van der Waals surface area contributed by atoms with Crippen molar-refractivity contribution in [3.05, 3.63) is 58.7 Å². The topological polar surface area (TPSA) is 67.2 Å². The monoisotopic (exact) mass is 400 g/mol. The van der Waals surface area contributed by atoms with Crippen molar-refractivity contribution in [2.24, 2.45) is 0 Å². The first-order chi connectivity index (χ1) is 14.0. The summed E-state index contributed by atoms with van der Waals surface area (Å²) in [6.07, 6.45) is 0.391. The average molecular weight is 400 g/mol. The molecule has 3 heterocycles. The maximum absolute atomic E-state index is 12.6. The second-order valence-electron chi connectivity index (χ2n) is 7.15. The number of fused-ring (bicyclic) bond motifs is 1. The Morgan fingerprint density at radius 2 is 1.90 bits per heavy atom. The molecule has 0 unspecified atom stereocenters. The number of piperazine rings is 1. The van der Waals surface area contributed by atoms with E-state index in [2.05, 4.69) is 24.8 Å². The van der Waals surface area contributed by atoms with Crippen molar-refractivity contribution in [2.45, 2.75) is 26.4 Å². The molecule has 4 rings (SSSR count). The van der Waals surface area contributed by atoms with Gasteiger partial charge in [-0.15, -0.1) is 0 Å². The molecule has 0 radical (unpaired) electrons. The zero-order chi connectivity index (χ0) is 20.4. The largest absolute Gasteiger partial charge is 0.369 e. The lowest BCUT2D eigenvalue weighted by molar-refractivity contribution is 0.125. The van der Waals surface area contributed by atoms with E-state index < -0.39 is 18.5 Å². The molecule has 2 aromatic heterocycles. The molecule has 0 amide bonds. The fourth-order valence-corrected chi connectivity index (χ4v) is 3.61. The number of benzene rings is 1. The molecule has 1 fully saturated rings. The first-order valence-electron chi connectivity index (χ1n) is 9.53. The van der Waals surface area contributed by atoms with Crippen LogP contribution < -0.4 is 10.5 Å². The van der Waals surface area contributed by atoms with Crippen LogP contribution in [-0.2, 0) is 13.1 Å². The summed E-state index contributed by atoms with van der Waals surface area (Å²) in [4.78, 5) is 29.7. The Morgan fingerprint density at radius 1 is 1.10 bits per heavy atom. The molecule has 0 bridgehead atoms. The van der Waals surface area contributed by atoms with Crippen LogP contribution in [0.3, 0.4) is 0 Å². The number of hydrogen-bond donors (Lipinski definition) is 0. The second-order valence-corrected chi connectivity index (χ2v) is 7.15.